The smallest absolute Gasteiger partial charge is 0.259 e. The lowest BCUT2D eigenvalue weighted by Gasteiger charge is -2.13. The van der Waals surface area contributed by atoms with Crippen molar-refractivity contribution in [3.8, 4) is 0 Å². The minimum absolute atomic E-state index is 0.210. The molecular formula is C16H20N6O3S. The summed E-state index contributed by atoms with van der Waals surface area (Å²) in [6, 6.07) is 5.02. The van der Waals surface area contributed by atoms with Crippen LogP contribution in [0.15, 0.2) is 23.4 Å². The van der Waals surface area contributed by atoms with Crippen LogP contribution in [0.1, 0.15) is 29.4 Å². The van der Waals surface area contributed by atoms with Gasteiger partial charge in [0.25, 0.3) is 5.91 Å². The summed E-state index contributed by atoms with van der Waals surface area (Å²) >= 11 is 0.985. The lowest BCUT2D eigenvalue weighted by atomic mass is 10.1. The minimum atomic E-state index is -0.451. The molecule has 2 rings (SSSR count). The van der Waals surface area contributed by atoms with Gasteiger partial charge in [-0.05, 0) is 43.3 Å². The number of aromatic nitrogens is 1. The van der Waals surface area contributed by atoms with Crippen molar-refractivity contribution < 1.29 is 9.59 Å². The fourth-order valence-electron chi connectivity index (χ4n) is 2.17. The number of carbonyl (C=O) groups excluding carboxylic acids is 2. The van der Waals surface area contributed by atoms with Gasteiger partial charge < -0.3 is 16.4 Å². The molecule has 26 heavy (non-hydrogen) atoms. The number of nitroso groups, excluding NO2 is 1. The van der Waals surface area contributed by atoms with Gasteiger partial charge in [-0.15, -0.1) is 4.91 Å². The summed E-state index contributed by atoms with van der Waals surface area (Å²) in [5.74, 6) is -0.746. The molecule has 10 heteroatoms. The summed E-state index contributed by atoms with van der Waals surface area (Å²) in [6.45, 7) is 4.24. The second-order valence-electron chi connectivity index (χ2n) is 5.47. The molecule has 0 radical (unpaired) electrons. The van der Waals surface area contributed by atoms with Crippen LogP contribution in [0.3, 0.4) is 0 Å². The Labute approximate surface area is 154 Å². The Kier molecular flexibility index (Phi) is 6.75. The normalized spacial score (nSPS) is 10.3. The number of hydrogen-bond donors (Lipinski definition) is 4. The molecule has 1 aromatic heterocycles. The van der Waals surface area contributed by atoms with E-state index in [0.29, 0.717) is 24.5 Å². The Morgan fingerprint density at radius 1 is 1.31 bits per heavy atom. The van der Waals surface area contributed by atoms with Crippen LogP contribution in [0, 0.1) is 11.8 Å². The molecule has 0 unspecified atom stereocenters. The van der Waals surface area contributed by atoms with Crippen LogP contribution < -0.4 is 21.7 Å². The molecule has 9 nitrogen and oxygen atoms in total. The average Bonchev–Trinajstić information content (AvgIpc) is 2.94. The largest absolute Gasteiger partial charge is 0.385 e. The number of nitrogens with two attached hydrogens (primary N) is 1. The van der Waals surface area contributed by atoms with Gasteiger partial charge in [0.05, 0.1) is 16.9 Å². The molecule has 1 aromatic carbocycles. The van der Waals surface area contributed by atoms with Gasteiger partial charge in [0.1, 0.15) is 0 Å². The van der Waals surface area contributed by atoms with Gasteiger partial charge in [0.2, 0.25) is 5.91 Å². The van der Waals surface area contributed by atoms with Crippen LogP contribution >= 0.6 is 11.3 Å². The summed E-state index contributed by atoms with van der Waals surface area (Å²) in [5.41, 5.74) is 7.32. The number of anilines is 3. The van der Waals surface area contributed by atoms with Crippen molar-refractivity contribution in [1.82, 2.24) is 4.98 Å². The summed E-state index contributed by atoms with van der Waals surface area (Å²) in [6.07, 6.45) is 0.800. The Bertz CT molecular complexity index is 820. The maximum atomic E-state index is 12.6. The summed E-state index contributed by atoms with van der Waals surface area (Å²) in [4.78, 5) is 38.8. The summed E-state index contributed by atoms with van der Waals surface area (Å²) < 4.78 is 0. The van der Waals surface area contributed by atoms with Crippen LogP contribution in [0.2, 0.25) is 0 Å². The first kappa shape index (κ1) is 19.5. The van der Waals surface area contributed by atoms with Crippen molar-refractivity contribution in [3.05, 3.63) is 34.4 Å². The maximum Gasteiger partial charge on any atom is 0.259 e. The molecule has 0 aliphatic rings. The molecule has 0 aliphatic carbocycles. The quantitative estimate of drug-likeness (QED) is 0.413. The molecule has 0 saturated carbocycles. The van der Waals surface area contributed by atoms with Gasteiger partial charge in [-0.1, -0.05) is 11.3 Å². The van der Waals surface area contributed by atoms with Gasteiger partial charge in [0, 0.05) is 19.2 Å². The summed E-state index contributed by atoms with van der Waals surface area (Å²) in [5, 5.41) is 11.8. The van der Waals surface area contributed by atoms with Gasteiger partial charge in [-0.3, -0.25) is 14.9 Å². The SMILES string of the molecule is CC(=O)Nc1cc(NCCCN)ccc1C(=O)Nc1nc(C)c(N=O)s1. The topological polar surface area (TPSA) is 139 Å². The number of carbonyl (C=O) groups is 2. The van der Waals surface area contributed by atoms with Gasteiger partial charge in [-0.2, -0.15) is 0 Å². The highest BCUT2D eigenvalue weighted by Gasteiger charge is 2.16. The third-order valence-electron chi connectivity index (χ3n) is 3.36. The Morgan fingerprint density at radius 3 is 2.69 bits per heavy atom. The first-order valence-electron chi connectivity index (χ1n) is 7.92. The standard InChI is InChI=1S/C16H20N6O3S/c1-9-15(22-25)26-16(19-9)21-14(24)12-5-4-11(18-7-3-6-17)8-13(12)20-10(2)23/h4-5,8,18H,3,6-7,17H2,1-2H3,(H,20,23)(H,19,21,24). The van der Waals surface area contributed by atoms with E-state index in [4.69, 9.17) is 5.73 Å². The molecular weight excluding hydrogens is 356 g/mol. The molecule has 138 valence electrons. The van der Waals surface area contributed by atoms with Crippen molar-refractivity contribution in [2.45, 2.75) is 20.3 Å². The average molecular weight is 376 g/mol. The first-order chi connectivity index (χ1) is 12.4. The van der Waals surface area contributed by atoms with E-state index < -0.39 is 5.91 Å². The van der Waals surface area contributed by atoms with Gasteiger partial charge in [0.15, 0.2) is 10.1 Å². The second-order valence-corrected chi connectivity index (χ2v) is 6.44. The molecule has 1 heterocycles. The van der Waals surface area contributed by atoms with Crippen molar-refractivity contribution in [3.63, 3.8) is 0 Å². The summed E-state index contributed by atoms with van der Waals surface area (Å²) in [7, 11) is 0. The highest BCUT2D eigenvalue weighted by molar-refractivity contribution is 7.19. The van der Waals surface area contributed by atoms with E-state index in [0.717, 1.165) is 23.4 Å². The van der Waals surface area contributed by atoms with Crippen molar-refractivity contribution in [2.24, 2.45) is 10.9 Å². The molecule has 0 atom stereocenters. The molecule has 2 aromatic rings. The molecule has 5 N–H and O–H groups in total. The number of nitrogens with zero attached hydrogens (tertiary/aromatic N) is 2. The molecule has 0 fully saturated rings. The molecule has 0 saturated heterocycles. The van der Waals surface area contributed by atoms with E-state index >= 15 is 0 Å². The van der Waals surface area contributed by atoms with Crippen LogP contribution in [-0.2, 0) is 4.79 Å². The number of amides is 2. The fourth-order valence-corrected chi connectivity index (χ4v) is 2.91. The minimum Gasteiger partial charge on any atom is -0.385 e. The van der Waals surface area contributed by atoms with E-state index in [-0.39, 0.29) is 21.6 Å². The van der Waals surface area contributed by atoms with E-state index in [2.05, 4.69) is 26.1 Å². The van der Waals surface area contributed by atoms with E-state index in [1.807, 2.05) is 0 Å². The maximum absolute atomic E-state index is 12.6. The number of thiazole rings is 1. The first-order valence-corrected chi connectivity index (χ1v) is 8.74. The third-order valence-corrected chi connectivity index (χ3v) is 4.31. The van der Waals surface area contributed by atoms with E-state index in [1.54, 1.807) is 25.1 Å². The highest BCUT2D eigenvalue weighted by atomic mass is 32.1. The van der Waals surface area contributed by atoms with Crippen molar-refractivity contribution >= 4 is 44.7 Å². The Balaban J connectivity index is 2.22. The predicted octanol–water partition coefficient (Wildman–Crippen LogP) is 2.82. The van der Waals surface area contributed by atoms with E-state index in [1.165, 1.54) is 6.92 Å². The zero-order chi connectivity index (χ0) is 19.1. The van der Waals surface area contributed by atoms with Crippen LogP contribution in [-0.4, -0.2) is 29.9 Å². The Hall–Kier alpha value is -2.85. The number of aryl methyl sites for hydroxylation is 1. The van der Waals surface area contributed by atoms with Crippen molar-refractivity contribution in [1.29, 1.82) is 0 Å². The third kappa shape index (κ3) is 5.07. The highest BCUT2D eigenvalue weighted by Crippen LogP contribution is 2.31. The lowest BCUT2D eigenvalue weighted by molar-refractivity contribution is -0.114. The monoisotopic (exact) mass is 376 g/mol. The fraction of sp³-hybridized carbons (Fsp3) is 0.312. The predicted molar refractivity (Wildman–Crippen MR) is 103 cm³/mol. The number of hydrogen-bond acceptors (Lipinski definition) is 8. The van der Waals surface area contributed by atoms with Crippen LogP contribution in [0.25, 0.3) is 0 Å². The van der Waals surface area contributed by atoms with Crippen LogP contribution in [0.5, 0.6) is 0 Å². The van der Waals surface area contributed by atoms with Crippen molar-refractivity contribution in [2.75, 3.05) is 29.0 Å². The zero-order valence-electron chi connectivity index (χ0n) is 14.5. The lowest BCUT2D eigenvalue weighted by Crippen LogP contribution is -2.17. The second kappa shape index (κ2) is 9.02. The molecule has 0 bridgehead atoms. The van der Waals surface area contributed by atoms with Gasteiger partial charge >= 0.3 is 0 Å². The molecule has 2 amide bonds. The number of nitrogens with one attached hydrogen (secondary N) is 3. The molecule has 0 aliphatic heterocycles. The van der Waals surface area contributed by atoms with Gasteiger partial charge in [-0.25, -0.2) is 4.98 Å². The Morgan fingerprint density at radius 2 is 2.08 bits per heavy atom. The molecule has 0 spiro atoms. The number of benzene rings is 1. The zero-order valence-corrected chi connectivity index (χ0v) is 15.3. The number of rotatable bonds is 8. The van der Waals surface area contributed by atoms with Crippen LogP contribution in [0.4, 0.5) is 21.5 Å². The van der Waals surface area contributed by atoms with E-state index in [9.17, 15) is 14.5 Å².